The van der Waals surface area contributed by atoms with Crippen LogP contribution in [0.4, 0.5) is 5.82 Å². The molecule has 3 aromatic rings. The Labute approximate surface area is 146 Å². The molecule has 128 valence electrons. The smallest absolute Gasteiger partial charge is 0.182 e. The summed E-state index contributed by atoms with van der Waals surface area (Å²) in [6, 6.07) is 10.2. The molecule has 1 aliphatic carbocycles. The highest BCUT2D eigenvalue weighted by molar-refractivity contribution is 5.82. The van der Waals surface area contributed by atoms with Gasteiger partial charge in [0.1, 0.15) is 11.8 Å². The van der Waals surface area contributed by atoms with Crippen LogP contribution in [0.15, 0.2) is 43.0 Å². The fraction of sp³-hybridized carbons (Fsp3) is 0.421. The molecule has 0 bridgehead atoms. The third-order valence-electron chi connectivity index (χ3n) is 5.96. The zero-order chi connectivity index (χ0) is 16.9. The van der Waals surface area contributed by atoms with Gasteiger partial charge in [0.15, 0.2) is 11.5 Å². The fourth-order valence-corrected chi connectivity index (χ4v) is 4.77. The molecule has 1 aliphatic heterocycles. The first-order valence-electron chi connectivity index (χ1n) is 8.92. The van der Waals surface area contributed by atoms with E-state index in [1.807, 2.05) is 18.2 Å². The number of rotatable bonds is 2. The molecule has 0 radical (unpaired) electrons. The van der Waals surface area contributed by atoms with Crippen LogP contribution >= 0.6 is 0 Å². The molecule has 0 spiro atoms. The van der Waals surface area contributed by atoms with Gasteiger partial charge in [-0.05, 0) is 30.7 Å². The average molecular weight is 335 g/mol. The van der Waals surface area contributed by atoms with E-state index in [0.29, 0.717) is 11.6 Å². The molecule has 3 heterocycles. The quantitative estimate of drug-likeness (QED) is 0.752. The van der Waals surface area contributed by atoms with Gasteiger partial charge in [0.2, 0.25) is 0 Å². The third kappa shape index (κ3) is 2.24. The van der Waals surface area contributed by atoms with Crippen LogP contribution in [0.3, 0.4) is 0 Å². The molecule has 2 fully saturated rings. The van der Waals surface area contributed by atoms with Crippen molar-refractivity contribution >= 4 is 17.0 Å². The zero-order valence-electron chi connectivity index (χ0n) is 14.0. The van der Waals surface area contributed by atoms with Gasteiger partial charge in [0.25, 0.3) is 0 Å². The number of imidazole rings is 1. The van der Waals surface area contributed by atoms with Crippen LogP contribution in [0.25, 0.3) is 11.2 Å². The van der Waals surface area contributed by atoms with E-state index >= 15 is 0 Å². The van der Waals surface area contributed by atoms with E-state index in [1.54, 1.807) is 12.7 Å². The Balaban J connectivity index is 1.51. The molecule has 0 amide bonds. The summed E-state index contributed by atoms with van der Waals surface area (Å²) in [7, 11) is 0. The van der Waals surface area contributed by atoms with Crippen molar-refractivity contribution in [1.82, 2.24) is 19.9 Å². The molecular formula is C19H21N5O. The highest BCUT2D eigenvalue weighted by Crippen LogP contribution is 2.49. The maximum absolute atomic E-state index is 11.6. The first-order valence-corrected chi connectivity index (χ1v) is 8.92. The molecular weight excluding hydrogens is 314 g/mol. The second-order valence-corrected chi connectivity index (χ2v) is 7.25. The van der Waals surface area contributed by atoms with Crippen LogP contribution in [0, 0.1) is 11.8 Å². The van der Waals surface area contributed by atoms with E-state index < -0.39 is 5.60 Å². The van der Waals surface area contributed by atoms with Gasteiger partial charge in [-0.1, -0.05) is 30.3 Å². The Morgan fingerprint density at radius 3 is 2.88 bits per heavy atom. The van der Waals surface area contributed by atoms with Crippen LogP contribution in [0.2, 0.25) is 0 Å². The van der Waals surface area contributed by atoms with Crippen LogP contribution in [-0.2, 0) is 5.60 Å². The van der Waals surface area contributed by atoms with Crippen molar-refractivity contribution in [3.63, 3.8) is 0 Å². The Hall–Kier alpha value is -2.47. The third-order valence-corrected chi connectivity index (χ3v) is 5.96. The van der Waals surface area contributed by atoms with Crippen LogP contribution < -0.4 is 4.90 Å². The fourth-order valence-electron chi connectivity index (χ4n) is 4.77. The minimum atomic E-state index is -0.751. The number of benzene rings is 1. The van der Waals surface area contributed by atoms with Crippen molar-refractivity contribution in [2.75, 3.05) is 18.0 Å². The van der Waals surface area contributed by atoms with Crippen LogP contribution in [0.5, 0.6) is 0 Å². The van der Waals surface area contributed by atoms with Gasteiger partial charge >= 0.3 is 0 Å². The number of aromatic amines is 1. The molecule has 2 aliphatic rings. The topological polar surface area (TPSA) is 77.9 Å². The van der Waals surface area contributed by atoms with Crippen LogP contribution in [-0.4, -0.2) is 38.1 Å². The summed E-state index contributed by atoms with van der Waals surface area (Å²) in [4.78, 5) is 18.4. The summed E-state index contributed by atoms with van der Waals surface area (Å²) in [5.41, 5.74) is 1.86. The SMILES string of the molecule is O[C@@]1(c2ccccc2)CCC[C@H]2CN(c3ncnc4nc[nH]c34)C[C@H]21. The van der Waals surface area contributed by atoms with Crippen LogP contribution in [0.1, 0.15) is 24.8 Å². The molecule has 5 rings (SSSR count). The summed E-state index contributed by atoms with van der Waals surface area (Å²) in [6.07, 6.45) is 6.28. The number of aliphatic hydroxyl groups is 1. The first kappa shape index (κ1) is 14.8. The van der Waals surface area contributed by atoms with Gasteiger partial charge < -0.3 is 15.0 Å². The van der Waals surface area contributed by atoms with Crippen molar-refractivity contribution in [3.8, 4) is 0 Å². The van der Waals surface area contributed by atoms with E-state index in [1.165, 1.54) is 0 Å². The highest BCUT2D eigenvalue weighted by Gasteiger charge is 2.50. The number of nitrogens with zero attached hydrogens (tertiary/aromatic N) is 4. The molecule has 25 heavy (non-hydrogen) atoms. The van der Waals surface area contributed by atoms with E-state index in [0.717, 1.165) is 49.2 Å². The largest absolute Gasteiger partial charge is 0.385 e. The summed E-state index contributed by atoms with van der Waals surface area (Å²) in [5.74, 6) is 1.59. The Morgan fingerprint density at radius 2 is 2.00 bits per heavy atom. The predicted molar refractivity (Wildman–Crippen MR) is 95.1 cm³/mol. The predicted octanol–water partition coefficient (Wildman–Crippen LogP) is 2.48. The average Bonchev–Trinajstić information content (AvgIpc) is 3.30. The first-order chi connectivity index (χ1) is 12.3. The number of anilines is 1. The zero-order valence-corrected chi connectivity index (χ0v) is 14.0. The van der Waals surface area contributed by atoms with E-state index in [2.05, 4.69) is 37.0 Å². The van der Waals surface area contributed by atoms with Crippen molar-refractivity contribution in [2.45, 2.75) is 24.9 Å². The van der Waals surface area contributed by atoms with Gasteiger partial charge in [0, 0.05) is 19.0 Å². The normalized spacial score (nSPS) is 29.1. The van der Waals surface area contributed by atoms with Crippen molar-refractivity contribution < 1.29 is 5.11 Å². The van der Waals surface area contributed by atoms with Crippen molar-refractivity contribution in [1.29, 1.82) is 0 Å². The molecule has 1 saturated carbocycles. The minimum absolute atomic E-state index is 0.219. The maximum atomic E-state index is 11.6. The van der Waals surface area contributed by atoms with Gasteiger partial charge in [-0.15, -0.1) is 0 Å². The van der Waals surface area contributed by atoms with Gasteiger partial charge in [-0.3, -0.25) is 0 Å². The second kappa shape index (κ2) is 5.52. The summed E-state index contributed by atoms with van der Waals surface area (Å²) < 4.78 is 0. The van der Waals surface area contributed by atoms with E-state index in [9.17, 15) is 5.11 Å². The molecule has 2 aromatic heterocycles. The van der Waals surface area contributed by atoms with Crippen molar-refractivity contribution in [3.05, 3.63) is 48.5 Å². The maximum Gasteiger partial charge on any atom is 0.182 e. The lowest BCUT2D eigenvalue weighted by molar-refractivity contribution is -0.0631. The van der Waals surface area contributed by atoms with Gasteiger partial charge in [0.05, 0.1) is 11.9 Å². The van der Waals surface area contributed by atoms with E-state index in [4.69, 9.17) is 0 Å². The lowest BCUT2D eigenvalue weighted by atomic mass is 9.67. The lowest BCUT2D eigenvalue weighted by Gasteiger charge is -2.41. The highest BCUT2D eigenvalue weighted by atomic mass is 16.3. The number of H-pyrrole nitrogens is 1. The molecule has 2 N–H and O–H groups in total. The summed E-state index contributed by atoms with van der Waals surface area (Å²) >= 11 is 0. The standard InChI is InChI=1S/C19H21N5O/c25-19(14-6-2-1-3-7-14)8-4-5-13-9-24(10-15(13)19)18-16-17(21-11-20-16)22-12-23-18/h1-3,6-7,11-13,15,25H,4-5,8-10H2,(H,20,21,22,23)/t13-,15+,19+/m0/s1. The molecule has 6 heteroatoms. The summed E-state index contributed by atoms with van der Waals surface area (Å²) in [5, 5.41) is 11.6. The molecule has 3 atom stereocenters. The Bertz CT molecular complexity index is 895. The Kier molecular flexibility index (Phi) is 3.28. The monoisotopic (exact) mass is 335 g/mol. The molecule has 6 nitrogen and oxygen atoms in total. The number of hydrogen-bond donors (Lipinski definition) is 2. The minimum Gasteiger partial charge on any atom is -0.385 e. The Morgan fingerprint density at radius 1 is 1.12 bits per heavy atom. The second-order valence-electron chi connectivity index (χ2n) is 7.25. The van der Waals surface area contributed by atoms with Gasteiger partial charge in [-0.25, -0.2) is 15.0 Å². The number of aromatic nitrogens is 4. The van der Waals surface area contributed by atoms with Gasteiger partial charge in [-0.2, -0.15) is 0 Å². The van der Waals surface area contributed by atoms with E-state index in [-0.39, 0.29) is 5.92 Å². The molecule has 0 unspecified atom stereocenters. The number of fused-ring (bicyclic) bond motifs is 2. The molecule has 1 aromatic carbocycles. The number of hydrogen-bond acceptors (Lipinski definition) is 5. The van der Waals surface area contributed by atoms with Crippen molar-refractivity contribution in [2.24, 2.45) is 11.8 Å². The molecule has 1 saturated heterocycles. The number of nitrogens with one attached hydrogen (secondary N) is 1. The summed E-state index contributed by atoms with van der Waals surface area (Å²) in [6.45, 7) is 1.73. The lowest BCUT2D eigenvalue weighted by Crippen LogP contribution is -2.42.